The van der Waals surface area contributed by atoms with E-state index in [1.165, 1.54) is 4.31 Å². The van der Waals surface area contributed by atoms with Crippen molar-refractivity contribution in [3.63, 3.8) is 0 Å². The second-order valence-electron chi connectivity index (χ2n) is 5.33. The van der Waals surface area contributed by atoms with Crippen molar-refractivity contribution in [3.8, 4) is 0 Å². The van der Waals surface area contributed by atoms with Crippen LogP contribution in [-0.4, -0.2) is 37.2 Å². The van der Waals surface area contributed by atoms with E-state index in [0.29, 0.717) is 23.7 Å². The van der Waals surface area contributed by atoms with Crippen LogP contribution in [0.1, 0.15) is 17.7 Å². The highest BCUT2D eigenvalue weighted by molar-refractivity contribution is 7.89. The Kier molecular flexibility index (Phi) is 6.57. The SMILES string of the molecule is CN(CCc1ccccn1)S(=O)(=O)c1ccc(CCCCl)cc1. The number of likely N-dealkylation sites (N-methyl/N-ethyl adjacent to an activating group) is 1. The number of alkyl halides is 1. The maximum atomic E-state index is 12.6. The summed E-state index contributed by atoms with van der Waals surface area (Å²) in [6, 6.07) is 12.7. The van der Waals surface area contributed by atoms with E-state index in [0.717, 1.165) is 24.1 Å². The van der Waals surface area contributed by atoms with Crippen LogP contribution < -0.4 is 0 Å². The molecule has 0 aliphatic rings. The van der Waals surface area contributed by atoms with Crippen molar-refractivity contribution < 1.29 is 8.42 Å². The lowest BCUT2D eigenvalue weighted by molar-refractivity contribution is 0.471. The minimum absolute atomic E-state index is 0.315. The zero-order chi connectivity index (χ0) is 16.7. The monoisotopic (exact) mass is 352 g/mol. The van der Waals surface area contributed by atoms with Gasteiger partial charge in [-0.15, -0.1) is 11.6 Å². The van der Waals surface area contributed by atoms with Crippen molar-refractivity contribution in [1.29, 1.82) is 0 Å². The molecule has 0 aliphatic heterocycles. The summed E-state index contributed by atoms with van der Waals surface area (Å²) < 4.78 is 26.5. The van der Waals surface area contributed by atoms with Gasteiger partial charge < -0.3 is 0 Å². The normalized spacial score (nSPS) is 11.8. The minimum Gasteiger partial charge on any atom is -0.261 e. The van der Waals surface area contributed by atoms with Gasteiger partial charge >= 0.3 is 0 Å². The molecular weight excluding hydrogens is 332 g/mol. The van der Waals surface area contributed by atoms with Gasteiger partial charge in [-0.2, -0.15) is 0 Å². The Hall–Kier alpha value is -1.43. The highest BCUT2D eigenvalue weighted by atomic mass is 35.5. The second-order valence-corrected chi connectivity index (χ2v) is 7.76. The second kappa shape index (κ2) is 8.43. The van der Waals surface area contributed by atoms with Crippen molar-refractivity contribution >= 4 is 21.6 Å². The van der Waals surface area contributed by atoms with Gasteiger partial charge in [0.15, 0.2) is 0 Å². The predicted octanol–water partition coefficient (Wildman–Crippen LogP) is 3.12. The molecule has 2 aromatic rings. The summed E-state index contributed by atoms with van der Waals surface area (Å²) in [5.74, 6) is 0.607. The van der Waals surface area contributed by atoms with Crippen molar-refractivity contribution in [1.82, 2.24) is 9.29 Å². The fourth-order valence-electron chi connectivity index (χ4n) is 2.22. The molecule has 0 unspecified atom stereocenters. The van der Waals surface area contributed by atoms with Gasteiger partial charge in [-0.3, -0.25) is 4.98 Å². The number of hydrogen-bond donors (Lipinski definition) is 0. The lowest BCUT2D eigenvalue weighted by atomic mass is 10.1. The number of halogens is 1. The summed E-state index contributed by atoms with van der Waals surface area (Å²) in [6.45, 7) is 0.396. The van der Waals surface area contributed by atoms with Gasteiger partial charge in [-0.1, -0.05) is 18.2 Å². The smallest absolute Gasteiger partial charge is 0.242 e. The van der Waals surface area contributed by atoms with E-state index in [1.807, 2.05) is 30.3 Å². The molecule has 0 radical (unpaired) electrons. The van der Waals surface area contributed by atoms with E-state index in [9.17, 15) is 8.42 Å². The van der Waals surface area contributed by atoms with E-state index >= 15 is 0 Å². The highest BCUT2D eigenvalue weighted by Gasteiger charge is 2.20. The number of aromatic nitrogens is 1. The molecule has 0 fully saturated rings. The first-order valence-corrected chi connectivity index (χ1v) is 9.52. The fourth-order valence-corrected chi connectivity index (χ4v) is 3.52. The Bertz CT molecular complexity index is 703. The number of aryl methyl sites for hydroxylation is 1. The third-order valence-corrected chi connectivity index (χ3v) is 5.78. The molecule has 0 amide bonds. The molecule has 0 atom stereocenters. The molecule has 1 aromatic heterocycles. The van der Waals surface area contributed by atoms with Crippen molar-refractivity contribution in [2.45, 2.75) is 24.2 Å². The average Bonchev–Trinajstić information content (AvgIpc) is 2.59. The predicted molar refractivity (Wildman–Crippen MR) is 93.2 cm³/mol. The van der Waals surface area contributed by atoms with Crippen LogP contribution in [0.4, 0.5) is 0 Å². The van der Waals surface area contributed by atoms with Crippen LogP contribution in [0, 0.1) is 0 Å². The molecule has 6 heteroatoms. The van der Waals surface area contributed by atoms with Crippen LogP contribution in [0.2, 0.25) is 0 Å². The largest absolute Gasteiger partial charge is 0.261 e. The molecule has 4 nitrogen and oxygen atoms in total. The molecule has 0 saturated heterocycles. The standard InChI is InChI=1S/C17H21ClN2O2S/c1-20(14-11-16-6-2-3-13-19-16)23(21,22)17-9-7-15(8-10-17)5-4-12-18/h2-3,6-10,13H,4-5,11-12,14H2,1H3. The first-order chi connectivity index (χ1) is 11.0. The Morgan fingerprint density at radius 2 is 1.83 bits per heavy atom. The van der Waals surface area contributed by atoms with Crippen LogP contribution in [-0.2, 0) is 22.9 Å². The summed E-state index contributed by atoms with van der Waals surface area (Å²) in [5, 5.41) is 0. The molecule has 0 spiro atoms. The lowest BCUT2D eigenvalue weighted by Gasteiger charge is -2.17. The first kappa shape index (κ1) is 17.9. The number of benzene rings is 1. The van der Waals surface area contributed by atoms with E-state index in [1.54, 1.807) is 25.4 Å². The zero-order valence-corrected chi connectivity index (χ0v) is 14.7. The van der Waals surface area contributed by atoms with Gasteiger partial charge in [0.2, 0.25) is 10.0 Å². The molecule has 23 heavy (non-hydrogen) atoms. The van der Waals surface area contributed by atoms with Crippen LogP contribution in [0.25, 0.3) is 0 Å². The van der Waals surface area contributed by atoms with E-state index < -0.39 is 10.0 Å². The molecule has 0 bridgehead atoms. The Morgan fingerprint density at radius 1 is 1.09 bits per heavy atom. The third-order valence-electron chi connectivity index (χ3n) is 3.64. The Morgan fingerprint density at radius 3 is 2.43 bits per heavy atom. The fraction of sp³-hybridized carbons (Fsp3) is 0.353. The zero-order valence-electron chi connectivity index (χ0n) is 13.2. The van der Waals surface area contributed by atoms with Crippen LogP contribution in [0.15, 0.2) is 53.6 Å². The lowest BCUT2D eigenvalue weighted by Crippen LogP contribution is -2.29. The van der Waals surface area contributed by atoms with Gasteiger partial charge in [-0.25, -0.2) is 12.7 Å². The van der Waals surface area contributed by atoms with Gasteiger partial charge in [0.1, 0.15) is 0 Å². The number of rotatable bonds is 8. The molecule has 0 aliphatic carbocycles. The average molecular weight is 353 g/mol. The maximum absolute atomic E-state index is 12.6. The van der Waals surface area contributed by atoms with E-state index in [4.69, 9.17) is 11.6 Å². The Labute approximate surface area is 143 Å². The molecular formula is C17H21ClN2O2S. The topological polar surface area (TPSA) is 50.3 Å². The minimum atomic E-state index is -3.47. The van der Waals surface area contributed by atoms with Crippen LogP contribution in [0.5, 0.6) is 0 Å². The van der Waals surface area contributed by atoms with E-state index in [2.05, 4.69) is 4.98 Å². The molecule has 0 N–H and O–H groups in total. The van der Waals surface area contributed by atoms with Gasteiger partial charge in [0, 0.05) is 37.8 Å². The molecule has 0 saturated carbocycles. The number of sulfonamides is 1. The van der Waals surface area contributed by atoms with Gasteiger partial charge in [0.05, 0.1) is 4.90 Å². The molecule has 1 aromatic carbocycles. The quantitative estimate of drug-likeness (QED) is 0.686. The summed E-state index contributed by atoms with van der Waals surface area (Å²) >= 11 is 5.67. The first-order valence-electron chi connectivity index (χ1n) is 7.55. The van der Waals surface area contributed by atoms with Gasteiger partial charge in [-0.05, 0) is 42.7 Å². The summed E-state index contributed by atoms with van der Waals surface area (Å²) in [6.07, 6.45) is 4.05. The van der Waals surface area contributed by atoms with Crippen molar-refractivity contribution in [2.75, 3.05) is 19.5 Å². The number of pyridine rings is 1. The highest BCUT2D eigenvalue weighted by Crippen LogP contribution is 2.16. The maximum Gasteiger partial charge on any atom is 0.242 e. The number of hydrogen-bond acceptors (Lipinski definition) is 3. The summed E-state index contributed by atoms with van der Waals surface area (Å²) in [5.41, 5.74) is 1.98. The van der Waals surface area contributed by atoms with Gasteiger partial charge in [0.25, 0.3) is 0 Å². The van der Waals surface area contributed by atoms with Crippen molar-refractivity contribution in [2.24, 2.45) is 0 Å². The molecule has 1 heterocycles. The molecule has 2 rings (SSSR count). The van der Waals surface area contributed by atoms with Crippen LogP contribution >= 0.6 is 11.6 Å². The number of nitrogens with zero attached hydrogens (tertiary/aromatic N) is 2. The Balaban J connectivity index is 2.02. The van der Waals surface area contributed by atoms with Crippen molar-refractivity contribution in [3.05, 3.63) is 59.9 Å². The molecule has 124 valence electrons. The third kappa shape index (κ3) is 5.03. The summed E-state index contributed by atoms with van der Waals surface area (Å²) in [4.78, 5) is 4.53. The van der Waals surface area contributed by atoms with E-state index in [-0.39, 0.29) is 0 Å². The van der Waals surface area contributed by atoms with Crippen LogP contribution in [0.3, 0.4) is 0 Å². The summed E-state index contributed by atoms with van der Waals surface area (Å²) in [7, 11) is -1.87.